The summed E-state index contributed by atoms with van der Waals surface area (Å²) in [4.78, 5) is 2.10. The number of rotatable bonds is 3. The molecule has 60 valence electrons. The van der Waals surface area contributed by atoms with Gasteiger partial charge in [-0.15, -0.1) is 0 Å². The zero-order chi connectivity index (χ0) is 7.98. The SMILES string of the molecule is CCN(CC)C(=S)NSC. The van der Waals surface area contributed by atoms with Gasteiger partial charge in [0.1, 0.15) is 0 Å². The van der Waals surface area contributed by atoms with E-state index in [1.54, 1.807) is 0 Å². The highest BCUT2D eigenvalue weighted by molar-refractivity contribution is 7.98. The highest BCUT2D eigenvalue weighted by atomic mass is 32.2. The molecule has 0 rings (SSSR count). The molecule has 10 heavy (non-hydrogen) atoms. The zero-order valence-electron chi connectivity index (χ0n) is 6.68. The lowest BCUT2D eigenvalue weighted by molar-refractivity contribution is 0.466. The average molecular weight is 178 g/mol. The maximum Gasteiger partial charge on any atom is 0.178 e. The molecule has 0 aromatic carbocycles. The molecule has 0 aromatic rings. The Morgan fingerprint density at radius 1 is 1.50 bits per heavy atom. The van der Waals surface area contributed by atoms with Gasteiger partial charge in [0.05, 0.1) is 0 Å². The Labute approximate surface area is 72.5 Å². The van der Waals surface area contributed by atoms with Crippen molar-refractivity contribution in [1.82, 2.24) is 9.62 Å². The molecule has 0 spiro atoms. The highest BCUT2D eigenvalue weighted by Crippen LogP contribution is 1.92. The van der Waals surface area contributed by atoms with Gasteiger partial charge in [-0.2, -0.15) is 0 Å². The molecule has 0 saturated heterocycles. The van der Waals surface area contributed by atoms with E-state index in [9.17, 15) is 0 Å². The van der Waals surface area contributed by atoms with E-state index in [1.807, 2.05) is 6.26 Å². The lowest BCUT2D eigenvalue weighted by atomic mass is 10.6. The molecule has 0 unspecified atom stereocenters. The molecule has 0 saturated carbocycles. The molecule has 0 radical (unpaired) electrons. The minimum absolute atomic E-state index is 0.831. The van der Waals surface area contributed by atoms with Gasteiger partial charge in [0.2, 0.25) is 0 Å². The smallest absolute Gasteiger partial charge is 0.178 e. The van der Waals surface area contributed by atoms with Gasteiger partial charge < -0.3 is 9.62 Å². The zero-order valence-corrected chi connectivity index (χ0v) is 8.31. The number of thiocarbonyl (C=S) groups is 1. The molecule has 0 atom stereocenters. The van der Waals surface area contributed by atoms with E-state index in [2.05, 4.69) is 23.5 Å². The lowest BCUT2D eigenvalue weighted by Crippen LogP contribution is -2.36. The monoisotopic (exact) mass is 178 g/mol. The first kappa shape index (κ1) is 10.0. The van der Waals surface area contributed by atoms with E-state index in [1.165, 1.54) is 11.9 Å². The Balaban J connectivity index is 3.65. The first-order chi connectivity index (χ1) is 4.76. The number of nitrogens with one attached hydrogen (secondary N) is 1. The third kappa shape index (κ3) is 3.27. The molecule has 1 N–H and O–H groups in total. The number of nitrogens with zero attached hydrogens (tertiary/aromatic N) is 1. The Bertz CT molecular complexity index is 102. The molecule has 0 aromatic heterocycles. The molecule has 0 aliphatic rings. The van der Waals surface area contributed by atoms with Crippen LogP contribution in [0.4, 0.5) is 0 Å². The Morgan fingerprint density at radius 2 is 2.00 bits per heavy atom. The fourth-order valence-electron chi connectivity index (χ4n) is 0.663. The lowest BCUT2D eigenvalue weighted by Gasteiger charge is -2.20. The van der Waals surface area contributed by atoms with E-state index in [-0.39, 0.29) is 0 Å². The first-order valence-electron chi connectivity index (χ1n) is 3.34. The second-order valence-electron chi connectivity index (χ2n) is 1.78. The first-order valence-corrected chi connectivity index (χ1v) is 4.97. The van der Waals surface area contributed by atoms with Crippen molar-refractivity contribution < 1.29 is 0 Å². The van der Waals surface area contributed by atoms with Gasteiger partial charge in [-0.25, -0.2) is 0 Å². The molecule has 0 aliphatic carbocycles. The summed E-state index contributed by atoms with van der Waals surface area (Å²) >= 11 is 6.60. The Hall–Kier alpha value is 0.0400. The van der Waals surface area contributed by atoms with Gasteiger partial charge in [0.15, 0.2) is 5.11 Å². The van der Waals surface area contributed by atoms with Gasteiger partial charge in [0.25, 0.3) is 0 Å². The third-order valence-electron chi connectivity index (χ3n) is 1.24. The van der Waals surface area contributed by atoms with Crippen LogP contribution in [0.3, 0.4) is 0 Å². The summed E-state index contributed by atoms with van der Waals surface area (Å²) < 4.78 is 3.02. The summed E-state index contributed by atoms with van der Waals surface area (Å²) in [6.07, 6.45) is 1.97. The van der Waals surface area contributed by atoms with Crippen LogP contribution >= 0.6 is 24.2 Å². The summed E-state index contributed by atoms with van der Waals surface area (Å²) in [5, 5.41) is 0.831. The third-order valence-corrected chi connectivity index (χ3v) is 2.13. The summed E-state index contributed by atoms with van der Waals surface area (Å²) in [5.41, 5.74) is 0. The minimum Gasteiger partial charge on any atom is -0.349 e. The van der Waals surface area contributed by atoms with Gasteiger partial charge in [-0.3, -0.25) is 0 Å². The summed E-state index contributed by atoms with van der Waals surface area (Å²) in [6.45, 7) is 6.14. The fraction of sp³-hybridized carbons (Fsp3) is 0.833. The van der Waals surface area contributed by atoms with Crippen molar-refractivity contribution in [2.24, 2.45) is 0 Å². The van der Waals surface area contributed by atoms with Crippen molar-refractivity contribution in [2.45, 2.75) is 13.8 Å². The molecule has 0 bridgehead atoms. The van der Waals surface area contributed by atoms with E-state index >= 15 is 0 Å². The number of hydrogen-bond donors (Lipinski definition) is 1. The molecular weight excluding hydrogens is 164 g/mol. The molecule has 0 fully saturated rings. The summed E-state index contributed by atoms with van der Waals surface area (Å²) in [6, 6.07) is 0. The van der Waals surface area contributed by atoms with Crippen LogP contribution in [-0.4, -0.2) is 29.4 Å². The average Bonchev–Trinajstić information content (AvgIpc) is 1.91. The van der Waals surface area contributed by atoms with Crippen LogP contribution in [0.15, 0.2) is 0 Å². The van der Waals surface area contributed by atoms with E-state index in [0.29, 0.717) is 0 Å². The van der Waals surface area contributed by atoms with Crippen LogP contribution in [-0.2, 0) is 0 Å². The van der Waals surface area contributed by atoms with Crippen LogP contribution < -0.4 is 4.72 Å². The minimum atomic E-state index is 0.831. The number of hydrogen-bond acceptors (Lipinski definition) is 2. The van der Waals surface area contributed by atoms with Crippen LogP contribution in [0.25, 0.3) is 0 Å². The van der Waals surface area contributed by atoms with E-state index < -0.39 is 0 Å². The molecule has 0 amide bonds. The Kier molecular flexibility index (Phi) is 5.82. The van der Waals surface area contributed by atoms with E-state index in [0.717, 1.165) is 18.2 Å². The van der Waals surface area contributed by atoms with Crippen molar-refractivity contribution in [3.05, 3.63) is 0 Å². The van der Waals surface area contributed by atoms with Gasteiger partial charge in [-0.1, -0.05) is 11.9 Å². The quantitative estimate of drug-likeness (QED) is 0.520. The highest BCUT2D eigenvalue weighted by Gasteiger charge is 2.01. The predicted octanol–water partition coefficient (Wildman–Crippen LogP) is 1.48. The van der Waals surface area contributed by atoms with Crippen molar-refractivity contribution in [2.75, 3.05) is 19.3 Å². The Morgan fingerprint density at radius 3 is 2.30 bits per heavy atom. The molecule has 4 heteroatoms. The van der Waals surface area contributed by atoms with Crippen molar-refractivity contribution in [3.63, 3.8) is 0 Å². The van der Waals surface area contributed by atoms with Crippen molar-refractivity contribution >= 4 is 29.3 Å². The normalized spacial score (nSPS) is 9.10. The van der Waals surface area contributed by atoms with E-state index in [4.69, 9.17) is 12.2 Å². The molecule has 0 heterocycles. The van der Waals surface area contributed by atoms with Crippen LogP contribution in [0.5, 0.6) is 0 Å². The predicted molar refractivity (Wildman–Crippen MR) is 52.2 cm³/mol. The van der Waals surface area contributed by atoms with Gasteiger partial charge in [0, 0.05) is 19.3 Å². The largest absolute Gasteiger partial charge is 0.349 e. The summed E-state index contributed by atoms with van der Waals surface area (Å²) in [5.74, 6) is 0. The van der Waals surface area contributed by atoms with Crippen LogP contribution in [0.1, 0.15) is 13.8 Å². The fourth-order valence-corrected chi connectivity index (χ4v) is 1.47. The van der Waals surface area contributed by atoms with Gasteiger partial charge >= 0.3 is 0 Å². The van der Waals surface area contributed by atoms with Crippen molar-refractivity contribution in [3.8, 4) is 0 Å². The summed E-state index contributed by atoms with van der Waals surface area (Å²) in [7, 11) is 0. The molecule has 2 nitrogen and oxygen atoms in total. The molecular formula is C6H14N2S2. The second-order valence-corrected chi connectivity index (χ2v) is 2.78. The maximum absolute atomic E-state index is 5.07. The van der Waals surface area contributed by atoms with Crippen LogP contribution in [0, 0.1) is 0 Å². The standard InChI is InChI=1S/C6H14N2S2/c1-4-8(5-2)6(9)7-10-3/h4-5H2,1-3H3,(H,7,9). The maximum atomic E-state index is 5.07. The van der Waals surface area contributed by atoms with Crippen molar-refractivity contribution in [1.29, 1.82) is 0 Å². The van der Waals surface area contributed by atoms with Gasteiger partial charge in [-0.05, 0) is 26.1 Å². The second kappa shape index (κ2) is 5.80. The molecule has 0 aliphatic heterocycles. The van der Waals surface area contributed by atoms with Crippen LogP contribution in [0.2, 0.25) is 0 Å². The topological polar surface area (TPSA) is 15.3 Å².